The minimum absolute atomic E-state index is 0.0472. The van der Waals surface area contributed by atoms with E-state index in [1.165, 1.54) is 18.4 Å². The third-order valence-corrected chi connectivity index (χ3v) is 3.51. The highest BCUT2D eigenvalue weighted by atomic mass is 16.5. The van der Waals surface area contributed by atoms with Crippen molar-refractivity contribution in [2.24, 2.45) is 5.92 Å². The molecule has 0 amide bonds. The van der Waals surface area contributed by atoms with Gasteiger partial charge in [0.15, 0.2) is 0 Å². The average molecular weight is 276 g/mol. The molecule has 0 spiro atoms. The van der Waals surface area contributed by atoms with E-state index in [4.69, 9.17) is 4.74 Å². The van der Waals surface area contributed by atoms with Crippen LogP contribution in [0.15, 0.2) is 12.1 Å². The van der Waals surface area contributed by atoms with Crippen molar-refractivity contribution < 1.29 is 4.74 Å². The van der Waals surface area contributed by atoms with Crippen LogP contribution in [0.5, 0.6) is 5.88 Å². The van der Waals surface area contributed by atoms with Crippen molar-refractivity contribution in [2.45, 2.75) is 65.5 Å². The van der Waals surface area contributed by atoms with E-state index < -0.39 is 0 Å². The van der Waals surface area contributed by atoms with Gasteiger partial charge >= 0.3 is 0 Å². The smallest absolute Gasteiger partial charge is 0.213 e. The summed E-state index contributed by atoms with van der Waals surface area (Å²) >= 11 is 0. The Morgan fingerprint density at radius 3 is 2.55 bits per heavy atom. The summed E-state index contributed by atoms with van der Waals surface area (Å²) in [5.74, 6) is 1.54. The van der Waals surface area contributed by atoms with Crippen molar-refractivity contribution in [3.8, 4) is 5.88 Å². The summed E-state index contributed by atoms with van der Waals surface area (Å²) in [7, 11) is 0. The van der Waals surface area contributed by atoms with E-state index in [1.807, 2.05) is 0 Å². The van der Waals surface area contributed by atoms with E-state index in [0.29, 0.717) is 6.04 Å². The Morgan fingerprint density at radius 1 is 1.30 bits per heavy atom. The fourth-order valence-corrected chi connectivity index (χ4v) is 1.93. The predicted octanol–water partition coefficient (Wildman–Crippen LogP) is 3.67. The molecule has 3 heteroatoms. The standard InChI is InChI=1S/C17H28N2O/c1-12(2)18-10-14-8-15(17(3,4)5)19-16(9-14)20-11-13-6-7-13/h8-9,12-13,18H,6-7,10-11H2,1-5H3. The zero-order valence-corrected chi connectivity index (χ0v) is 13.5. The minimum Gasteiger partial charge on any atom is -0.477 e. The molecule has 0 unspecified atom stereocenters. The maximum absolute atomic E-state index is 5.87. The summed E-state index contributed by atoms with van der Waals surface area (Å²) in [6.45, 7) is 12.6. The van der Waals surface area contributed by atoms with E-state index >= 15 is 0 Å². The molecule has 0 radical (unpaired) electrons. The lowest BCUT2D eigenvalue weighted by Gasteiger charge is -2.20. The first-order valence-corrected chi connectivity index (χ1v) is 7.72. The molecule has 1 aromatic heterocycles. The first-order valence-electron chi connectivity index (χ1n) is 7.72. The van der Waals surface area contributed by atoms with Crippen LogP contribution in [0.1, 0.15) is 58.7 Å². The fraction of sp³-hybridized carbons (Fsp3) is 0.706. The van der Waals surface area contributed by atoms with Gasteiger partial charge in [-0.05, 0) is 30.4 Å². The quantitative estimate of drug-likeness (QED) is 0.861. The van der Waals surface area contributed by atoms with Gasteiger partial charge in [-0.1, -0.05) is 34.6 Å². The summed E-state index contributed by atoms with van der Waals surface area (Å²) in [6, 6.07) is 4.75. The lowest BCUT2D eigenvalue weighted by molar-refractivity contribution is 0.285. The molecule has 0 aliphatic heterocycles. The summed E-state index contributed by atoms with van der Waals surface area (Å²) in [5, 5.41) is 3.46. The zero-order valence-electron chi connectivity index (χ0n) is 13.5. The van der Waals surface area contributed by atoms with Crippen molar-refractivity contribution in [3.05, 3.63) is 23.4 Å². The summed E-state index contributed by atoms with van der Waals surface area (Å²) in [6.07, 6.45) is 2.61. The van der Waals surface area contributed by atoms with Crippen LogP contribution in [0.3, 0.4) is 0 Å². The lowest BCUT2D eigenvalue weighted by Crippen LogP contribution is -2.23. The molecular weight excluding hydrogens is 248 g/mol. The Hall–Kier alpha value is -1.09. The highest BCUT2D eigenvalue weighted by molar-refractivity contribution is 5.28. The second-order valence-electron chi connectivity index (χ2n) is 7.24. The van der Waals surface area contributed by atoms with Gasteiger partial charge in [0, 0.05) is 24.1 Å². The van der Waals surface area contributed by atoms with Crippen LogP contribution >= 0.6 is 0 Å². The number of aromatic nitrogens is 1. The molecule has 1 aromatic rings. The van der Waals surface area contributed by atoms with E-state index in [2.05, 4.69) is 57.1 Å². The molecular formula is C17H28N2O. The van der Waals surface area contributed by atoms with Crippen LogP contribution < -0.4 is 10.1 Å². The van der Waals surface area contributed by atoms with Gasteiger partial charge in [0.25, 0.3) is 0 Å². The fourth-order valence-electron chi connectivity index (χ4n) is 1.93. The highest BCUT2D eigenvalue weighted by Crippen LogP contribution is 2.30. The molecule has 0 atom stereocenters. The third-order valence-electron chi connectivity index (χ3n) is 3.51. The monoisotopic (exact) mass is 276 g/mol. The van der Waals surface area contributed by atoms with Crippen LogP contribution in [0.2, 0.25) is 0 Å². The molecule has 112 valence electrons. The summed E-state index contributed by atoms with van der Waals surface area (Å²) in [4.78, 5) is 4.68. The summed E-state index contributed by atoms with van der Waals surface area (Å²) in [5.41, 5.74) is 2.40. The van der Waals surface area contributed by atoms with Gasteiger partial charge in [-0.3, -0.25) is 0 Å². The Morgan fingerprint density at radius 2 is 2.00 bits per heavy atom. The maximum Gasteiger partial charge on any atom is 0.213 e. The number of hydrogen-bond donors (Lipinski definition) is 1. The number of hydrogen-bond acceptors (Lipinski definition) is 3. The molecule has 1 N–H and O–H groups in total. The van der Waals surface area contributed by atoms with Gasteiger partial charge < -0.3 is 10.1 Å². The molecule has 0 bridgehead atoms. The van der Waals surface area contributed by atoms with Gasteiger partial charge in [0.2, 0.25) is 5.88 Å². The van der Waals surface area contributed by atoms with Crippen molar-refractivity contribution in [2.75, 3.05) is 6.61 Å². The molecule has 0 aromatic carbocycles. The lowest BCUT2D eigenvalue weighted by atomic mass is 9.91. The highest BCUT2D eigenvalue weighted by Gasteiger charge is 2.23. The van der Waals surface area contributed by atoms with Crippen molar-refractivity contribution in [3.63, 3.8) is 0 Å². The van der Waals surface area contributed by atoms with Crippen LogP contribution in [-0.2, 0) is 12.0 Å². The maximum atomic E-state index is 5.87. The molecule has 1 aliphatic carbocycles. The Kier molecular flexibility index (Phi) is 4.69. The van der Waals surface area contributed by atoms with Crippen molar-refractivity contribution in [1.82, 2.24) is 10.3 Å². The zero-order chi connectivity index (χ0) is 14.8. The Bertz CT molecular complexity index is 421. The van der Waals surface area contributed by atoms with Crippen molar-refractivity contribution in [1.29, 1.82) is 0 Å². The van der Waals surface area contributed by atoms with E-state index in [-0.39, 0.29) is 5.41 Å². The van der Waals surface area contributed by atoms with Gasteiger partial charge in [-0.25, -0.2) is 4.98 Å². The van der Waals surface area contributed by atoms with Gasteiger partial charge in [-0.2, -0.15) is 0 Å². The number of nitrogens with zero attached hydrogens (tertiary/aromatic N) is 1. The largest absolute Gasteiger partial charge is 0.477 e. The SMILES string of the molecule is CC(C)NCc1cc(OCC2CC2)nc(C(C)(C)C)c1. The number of nitrogens with one attached hydrogen (secondary N) is 1. The van der Waals surface area contributed by atoms with Crippen molar-refractivity contribution >= 4 is 0 Å². The molecule has 2 rings (SSSR count). The number of pyridine rings is 1. The van der Waals surface area contributed by atoms with Gasteiger partial charge in [0.1, 0.15) is 0 Å². The molecule has 1 heterocycles. The third kappa shape index (κ3) is 4.78. The van der Waals surface area contributed by atoms with E-state index in [1.54, 1.807) is 0 Å². The first-order chi connectivity index (χ1) is 9.34. The molecule has 0 saturated heterocycles. The van der Waals surface area contributed by atoms with Crippen LogP contribution in [-0.4, -0.2) is 17.6 Å². The second kappa shape index (κ2) is 6.13. The topological polar surface area (TPSA) is 34.1 Å². The van der Waals surface area contributed by atoms with Gasteiger partial charge in [0.05, 0.1) is 12.3 Å². The minimum atomic E-state index is 0.0472. The van der Waals surface area contributed by atoms with Gasteiger partial charge in [-0.15, -0.1) is 0 Å². The molecule has 1 aliphatic rings. The predicted molar refractivity (Wildman–Crippen MR) is 83.1 cm³/mol. The molecule has 3 nitrogen and oxygen atoms in total. The Labute approximate surface area is 123 Å². The first kappa shape index (κ1) is 15.3. The number of ether oxygens (including phenoxy) is 1. The Balaban J connectivity index is 2.13. The second-order valence-corrected chi connectivity index (χ2v) is 7.24. The van der Waals surface area contributed by atoms with E-state index in [9.17, 15) is 0 Å². The summed E-state index contributed by atoms with van der Waals surface area (Å²) < 4.78 is 5.87. The average Bonchev–Trinajstić information content (AvgIpc) is 3.16. The molecule has 20 heavy (non-hydrogen) atoms. The van der Waals surface area contributed by atoms with Crippen LogP contribution in [0.25, 0.3) is 0 Å². The normalized spacial score (nSPS) is 15.7. The number of rotatable bonds is 6. The van der Waals surface area contributed by atoms with Crippen LogP contribution in [0.4, 0.5) is 0 Å². The molecule has 1 saturated carbocycles. The van der Waals surface area contributed by atoms with E-state index in [0.717, 1.165) is 30.6 Å². The van der Waals surface area contributed by atoms with Crippen LogP contribution in [0, 0.1) is 5.92 Å². The molecule has 1 fully saturated rings.